The molecular formula is C77H79N5O19. The summed E-state index contributed by atoms with van der Waals surface area (Å²) < 4.78 is 54.9. The van der Waals surface area contributed by atoms with Gasteiger partial charge in [-0.15, -0.1) is 0 Å². The minimum absolute atomic E-state index is 0. The van der Waals surface area contributed by atoms with Crippen molar-refractivity contribution in [3.05, 3.63) is 254 Å². The Morgan fingerprint density at radius 2 is 0.911 bits per heavy atom. The van der Waals surface area contributed by atoms with Crippen molar-refractivity contribution < 1.29 is 107 Å². The first-order valence-electron chi connectivity index (χ1n) is 34.7. The normalized spacial score (nSPS) is 11.8. The number of ether oxygens (including phenoxy) is 3. The summed E-state index contributed by atoms with van der Waals surface area (Å²) in [5, 5.41) is 43.7. The van der Waals surface area contributed by atoms with Crippen LogP contribution in [0.2, 0.25) is 0 Å². The highest BCUT2D eigenvalue weighted by Crippen LogP contribution is 2.36. The van der Waals surface area contributed by atoms with E-state index in [0.717, 1.165) is 27.0 Å². The number of nitrogens with zero attached hydrogens (tertiary/aromatic N) is 2. The van der Waals surface area contributed by atoms with Crippen LogP contribution in [0.25, 0.3) is 32.7 Å². The van der Waals surface area contributed by atoms with Crippen molar-refractivity contribution in [2.45, 2.75) is 53.9 Å². The van der Waals surface area contributed by atoms with Crippen LogP contribution < -0.4 is 10.2 Å². The smallest absolute Gasteiger partial charge is 0.337 e. The molecule has 3 aromatic heterocycles. The predicted octanol–water partition coefficient (Wildman–Crippen LogP) is 13.9. The molecule has 0 fully saturated rings. The second-order valence-corrected chi connectivity index (χ2v) is 22.4. The zero-order valence-electron chi connectivity index (χ0n) is 62.5. The largest absolute Gasteiger partial charge is 0.494 e. The van der Waals surface area contributed by atoms with Crippen LogP contribution in [0.1, 0.15) is 171 Å². The van der Waals surface area contributed by atoms with Gasteiger partial charge < -0.3 is 49.9 Å². The number of amides is 3. The topological polar surface area (TPSA) is 365 Å². The Morgan fingerprint density at radius 3 is 1.38 bits per heavy atom. The average molecular weight is 1390 g/mol. The van der Waals surface area contributed by atoms with Gasteiger partial charge in [-0.25, -0.2) is 19.2 Å². The maximum absolute atomic E-state index is 12.8. The minimum atomic E-state index is -1.07. The Labute approximate surface area is 591 Å². The van der Waals surface area contributed by atoms with E-state index < -0.39 is 41.4 Å². The van der Waals surface area contributed by atoms with Crippen molar-refractivity contribution in [1.29, 1.82) is 0 Å². The van der Waals surface area contributed by atoms with Gasteiger partial charge in [0.15, 0.2) is 23.1 Å². The Morgan fingerprint density at radius 1 is 0.485 bits per heavy atom. The number of ketones is 4. The molecule has 101 heavy (non-hydrogen) atoms. The third-order valence-electron chi connectivity index (χ3n) is 15.9. The molecule has 13 rings (SSSR count). The number of aromatic hydroxyl groups is 3. The van der Waals surface area contributed by atoms with Gasteiger partial charge in [0.25, 0.3) is 0 Å². The number of fused-ring (bicyclic) bond motifs is 5. The number of carbonyl (C=O) groups excluding carboxylic acids is 11. The van der Waals surface area contributed by atoms with Crippen LogP contribution in [0.15, 0.2) is 182 Å². The molecule has 0 unspecified atom stereocenters. The van der Waals surface area contributed by atoms with Crippen molar-refractivity contribution in [2.24, 2.45) is 0 Å². The molecule has 0 saturated carbocycles. The Kier molecular flexibility index (Phi) is 21.5. The number of imide groups is 1. The number of carbonyl (C=O) groups is 12. The predicted molar refractivity (Wildman–Crippen MR) is 386 cm³/mol. The van der Waals surface area contributed by atoms with Crippen molar-refractivity contribution in [2.75, 3.05) is 31.5 Å². The average Bonchev–Trinajstić information content (AvgIpc) is 1.61. The number of carboxylic acids is 1. The minimum Gasteiger partial charge on any atom is -0.494 e. The van der Waals surface area contributed by atoms with Crippen LogP contribution in [0, 0.1) is 0 Å². The molecule has 0 saturated heterocycles. The summed E-state index contributed by atoms with van der Waals surface area (Å²) >= 11 is 0. The van der Waals surface area contributed by atoms with E-state index in [1.807, 2.05) is 13.0 Å². The lowest BCUT2D eigenvalue weighted by Gasteiger charge is -2.13. The molecule has 24 heteroatoms. The van der Waals surface area contributed by atoms with Crippen molar-refractivity contribution in [3.63, 3.8) is 0 Å². The first-order valence-corrected chi connectivity index (χ1v) is 30.7. The summed E-state index contributed by atoms with van der Waals surface area (Å²) in [5.74, 6) is -5.46. The van der Waals surface area contributed by atoms with E-state index in [-0.39, 0.29) is 96.9 Å². The molecule has 0 aliphatic carbocycles. The van der Waals surface area contributed by atoms with E-state index in [9.17, 15) is 72.9 Å². The summed E-state index contributed by atoms with van der Waals surface area (Å²) in [5.41, 5.74) is 7.53. The number of hydrogen-bond acceptors (Lipinski definition) is 18. The highest BCUT2D eigenvalue weighted by atomic mass is 16.5. The van der Waals surface area contributed by atoms with Crippen molar-refractivity contribution in [3.8, 4) is 17.6 Å². The van der Waals surface area contributed by atoms with Gasteiger partial charge in [-0.2, -0.15) is 0 Å². The number of esters is 3. The summed E-state index contributed by atoms with van der Waals surface area (Å²) in [6.07, 6.45) is 1.84. The van der Waals surface area contributed by atoms with Gasteiger partial charge in [-0.3, -0.25) is 47.8 Å². The van der Waals surface area contributed by atoms with Crippen LogP contribution >= 0.6 is 0 Å². The maximum Gasteiger partial charge on any atom is 0.337 e. The lowest BCUT2D eigenvalue weighted by atomic mass is 10.00. The van der Waals surface area contributed by atoms with Crippen LogP contribution in [0.5, 0.6) is 17.6 Å². The highest BCUT2D eigenvalue weighted by molar-refractivity contribution is 6.22. The van der Waals surface area contributed by atoms with E-state index in [1.165, 1.54) is 77.6 Å². The van der Waals surface area contributed by atoms with Gasteiger partial charge >= 0.3 is 23.9 Å². The molecular weight excluding hydrogens is 1300 g/mol. The van der Waals surface area contributed by atoms with Crippen LogP contribution in [-0.4, -0.2) is 127 Å². The summed E-state index contributed by atoms with van der Waals surface area (Å²) in [7, 11) is 3.86. The molecule has 0 spiro atoms. The van der Waals surface area contributed by atoms with E-state index >= 15 is 0 Å². The number of aromatic amines is 2. The van der Waals surface area contributed by atoms with E-state index in [2.05, 4.69) is 29.5 Å². The second kappa shape index (κ2) is 32.1. The van der Waals surface area contributed by atoms with Gasteiger partial charge in [0.2, 0.25) is 41.3 Å². The number of Topliss-reactive ketones (excluding diaryl/α,β-unsaturated/α-hetero) is 1. The molecule has 7 N–H and O–H groups in total. The van der Waals surface area contributed by atoms with Crippen LogP contribution in [-0.2, 0) is 41.4 Å². The summed E-state index contributed by atoms with van der Waals surface area (Å²) in [4.78, 5) is 148. The fourth-order valence-corrected chi connectivity index (χ4v) is 11.1. The lowest BCUT2D eigenvalue weighted by Crippen LogP contribution is -2.31. The van der Waals surface area contributed by atoms with Gasteiger partial charge in [0, 0.05) is 90.1 Å². The van der Waals surface area contributed by atoms with Crippen LogP contribution in [0.3, 0.4) is 0 Å². The van der Waals surface area contributed by atoms with Gasteiger partial charge in [0.05, 0.1) is 84.3 Å². The molecule has 0 bridgehead atoms. The van der Waals surface area contributed by atoms with E-state index in [1.54, 1.807) is 133 Å². The zero-order valence-corrected chi connectivity index (χ0v) is 54.5. The lowest BCUT2D eigenvalue weighted by molar-refractivity contribution is -0.124. The first-order chi connectivity index (χ1) is 51.9. The maximum atomic E-state index is 12.8. The Bertz CT molecular complexity index is 5150. The number of rotatable bonds is 13. The molecule has 2 aliphatic rings. The van der Waals surface area contributed by atoms with Crippen molar-refractivity contribution >= 4 is 115 Å². The number of H-pyrrole nitrogens is 2. The fourth-order valence-electron chi connectivity index (χ4n) is 11.1. The molecule has 2 aliphatic heterocycles. The number of nitrogens with one attached hydrogen (secondary N) is 3. The summed E-state index contributed by atoms with van der Waals surface area (Å²) in [6.45, 7) is 4.53. The number of aromatic nitrogens is 3. The van der Waals surface area contributed by atoms with E-state index in [4.69, 9.17) is 17.0 Å². The molecule has 24 nitrogen and oxygen atoms in total. The third-order valence-corrected chi connectivity index (χ3v) is 15.9. The molecule has 0 atom stereocenters. The monoisotopic (exact) mass is 1390 g/mol. The standard InChI is InChI=1S/C19H15NO5.C19H17NO3.C16H11NO4.C12H11NO4.C10H9NO3.CH4.6H2/c1-11(21)20-15-10-13(19(24)25-2)8-9-14(15)16(18(20)23)17(22)12-6-4-3-5-7-12;1-2-6-16(21)13-9-10-14-15(11-13)20-19(23)17(14)18(22)12-7-4-3-5-8-12;18-14(9-4-2-1-3-5-9)13-11-7-6-10(16(20)21)8-12(11)17-15(13)19;1-7(14)13-10-5-9(12(16)17-2)4-3-8(10)6-11(13)15;1-14-10(13)7-3-2-6-5-9(12)11-8(6)4-7;;;;;;;/h3-10,23H,1-2H3;3-5,7-11,20,23H,2,6H2,1H3;1-8,17,19H,(H,20,21);3-5H,6H2,1-2H3;2-4H,5H2,1H3,(H,11,12);1H4;6*1H/i;;;;;;4*1+1D;2*1+1. The fraction of sp³-hybridized carbons (Fsp3) is 0.143. The molecule has 8 aromatic carbocycles. The number of carboxylic acid groups (broad SMARTS) is 1. The Balaban J connectivity index is 0.000000462. The van der Waals surface area contributed by atoms with Crippen molar-refractivity contribution in [1.82, 2.24) is 14.5 Å². The van der Waals surface area contributed by atoms with Crippen LogP contribution in [0.4, 0.5) is 11.4 Å². The molecule has 526 valence electrons. The Hall–Kier alpha value is -13.4. The van der Waals surface area contributed by atoms with Gasteiger partial charge in [-0.05, 0) is 72.1 Å². The van der Waals surface area contributed by atoms with Gasteiger partial charge in [-0.1, -0.05) is 142 Å². The SMILES string of the molecule is C.CCCC(=O)c1ccc2c(C(=O)c3ccccc3)c(O)[nH]c2c1.COC(=O)c1ccc2c(C(=O)c3ccccc3)c(O)n(C(C)=O)c2c1.COC(=O)c1ccc2c(c1)N(C(C)=O)C(=O)C2.COC(=O)c1ccc2c(c1)NC(=O)C2.O=C(O)c1ccc2c(C(=O)c3ccccc3)c(O)[nH]c2c1.[2HH].[2HH].[2H][2H].[2H][2H].[2H][2H].[2H][2H]. The molecule has 5 heterocycles. The molecule has 0 radical (unpaired) electrons. The number of methoxy groups -OCH3 is 3. The first kappa shape index (κ1) is 67.6. The number of anilines is 2. The number of aromatic carboxylic acids is 1. The number of hydrogen-bond donors (Lipinski definition) is 7. The molecule has 11 aromatic rings. The quantitative estimate of drug-likeness (QED) is 0.0320. The number of benzene rings is 8. The second-order valence-electron chi connectivity index (χ2n) is 22.4. The highest BCUT2D eigenvalue weighted by Gasteiger charge is 2.32. The van der Waals surface area contributed by atoms with Gasteiger partial charge in [0.1, 0.15) is 0 Å². The molecule has 3 amide bonds. The van der Waals surface area contributed by atoms with E-state index in [0.29, 0.717) is 84.8 Å². The summed E-state index contributed by atoms with van der Waals surface area (Å²) in [6, 6.07) is 49.5. The zero-order chi connectivity index (χ0) is 80.2. The third kappa shape index (κ3) is 16.0.